The molecule has 0 N–H and O–H groups in total. The fraction of sp³-hybridized carbons (Fsp3) is 0.333. The molecule has 54 valence electrons. The van der Waals surface area contributed by atoms with E-state index in [0.29, 0.717) is 5.88 Å². The van der Waals surface area contributed by atoms with Crippen LogP contribution in [0.1, 0.15) is 0 Å². The molecule has 0 aliphatic carbocycles. The van der Waals surface area contributed by atoms with Crippen LogP contribution in [0.2, 0.25) is 0 Å². The zero-order valence-corrected chi connectivity index (χ0v) is 6.68. The highest BCUT2D eigenvalue weighted by atomic mass is 32.2. The maximum atomic E-state index is 4.89. The van der Waals surface area contributed by atoms with Gasteiger partial charge in [-0.3, -0.25) is 0 Å². The van der Waals surface area contributed by atoms with Gasteiger partial charge in [0, 0.05) is 6.07 Å². The number of aromatic nitrogens is 2. The molecular formula is C6H8N2OS. The molecule has 0 atom stereocenters. The predicted molar refractivity (Wildman–Crippen MR) is 40.4 cm³/mol. The monoisotopic (exact) mass is 156 g/mol. The van der Waals surface area contributed by atoms with Gasteiger partial charge in [-0.15, -0.1) is 11.8 Å². The van der Waals surface area contributed by atoms with Gasteiger partial charge in [0.25, 0.3) is 0 Å². The molecule has 1 heterocycles. The van der Waals surface area contributed by atoms with Crippen molar-refractivity contribution in [3.05, 3.63) is 12.4 Å². The van der Waals surface area contributed by atoms with Crippen molar-refractivity contribution in [1.82, 2.24) is 9.97 Å². The third-order valence-corrected chi connectivity index (χ3v) is 1.68. The highest BCUT2D eigenvalue weighted by Crippen LogP contribution is 2.14. The van der Waals surface area contributed by atoms with E-state index in [1.54, 1.807) is 24.9 Å². The highest BCUT2D eigenvalue weighted by Gasteiger charge is 1.94. The summed E-state index contributed by atoms with van der Waals surface area (Å²) in [6.07, 6.45) is 3.45. The maximum Gasteiger partial charge on any atom is 0.217 e. The zero-order valence-electron chi connectivity index (χ0n) is 5.87. The Bertz CT molecular complexity index is 197. The number of ether oxygens (including phenoxy) is 1. The van der Waals surface area contributed by atoms with Crippen LogP contribution >= 0.6 is 11.8 Å². The van der Waals surface area contributed by atoms with Crippen LogP contribution in [0.15, 0.2) is 17.4 Å². The van der Waals surface area contributed by atoms with E-state index in [0.717, 1.165) is 5.03 Å². The minimum Gasteiger partial charge on any atom is -0.481 e. The van der Waals surface area contributed by atoms with Crippen molar-refractivity contribution in [1.29, 1.82) is 0 Å². The van der Waals surface area contributed by atoms with E-state index in [9.17, 15) is 0 Å². The SMILES string of the molecule is COc1cc(SC)ncn1. The van der Waals surface area contributed by atoms with E-state index in [1.807, 2.05) is 6.26 Å². The Kier molecular flexibility index (Phi) is 2.50. The summed E-state index contributed by atoms with van der Waals surface area (Å²) in [5.41, 5.74) is 0. The molecule has 4 heteroatoms. The van der Waals surface area contributed by atoms with Crippen molar-refractivity contribution in [2.45, 2.75) is 5.03 Å². The average molecular weight is 156 g/mol. The van der Waals surface area contributed by atoms with E-state index in [1.165, 1.54) is 6.33 Å². The van der Waals surface area contributed by atoms with Gasteiger partial charge in [0.2, 0.25) is 5.88 Å². The van der Waals surface area contributed by atoms with Crippen LogP contribution < -0.4 is 4.74 Å². The summed E-state index contributed by atoms with van der Waals surface area (Å²) in [5, 5.41) is 0.923. The van der Waals surface area contributed by atoms with E-state index in [2.05, 4.69) is 9.97 Å². The first kappa shape index (κ1) is 7.34. The summed E-state index contributed by atoms with van der Waals surface area (Å²) in [6, 6.07) is 1.80. The third-order valence-electron chi connectivity index (χ3n) is 1.04. The summed E-state index contributed by atoms with van der Waals surface area (Å²) < 4.78 is 4.89. The lowest BCUT2D eigenvalue weighted by Gasteiger charge is -1.97. The Labute approximate surface area is 63.8 Å². The van der Waals surface area contributed by atoms with Gasteiger partial charge in [-0.1, -0.05) is 0 Å². The fourth-order valence-corrected chi connectivity index (χ4v) is 0.917. The molecule has 0 radical (unpaired) electrons. The number of nitrogens with zero attached hydrogens (tertiary/aromatic N) is 2. The van der Waals surface area contributed by atoms with Crippen LogP contribution in [0.3, 0.4) is 0 Å². The summed E-state index contributed by atoms with van der Waals surface area (Å²) in [6.45, 7) is 0. The number of hydrogen-bond acceptors (Lipinski definition) is 4. The van der Waals surface area contributed by atoms with Gasteiger partial charge >= 0.3 is 0 Å². The van der Waals surface area contributed by atoms with Crippen LogP contribution in [0, 0.1) is 0 Å². The van der Waals surface area contributed by atoms with Gasteiger partial charge in [-0.05, 0) is 6.26 Å². The fourth-order valence-electron chi connectivity index (χ4n) is 0.546. The van der Waals surface area contributed by atoms with Gasteiger partial charge in [0.1, 0.15) is 11.4 Å². The standard InChI is InChI=1S/C6H8N2OS/c1-9-5-3-6(10-2)8-4-7-5/h3-4H,1-2H3. The first-order valence-corrected chi connectivity index (χ1v) is 3.99. The van der Waals surface area contributed by atoms with Crippen molar-refractivity contribution in [3.8, 4) is 5.88 Å². The molecule has 0 spiro atoms. The number of rotatable bonds is 2. The van der Waals surface area contributed by atoms with Gasteiger partial charge in [-0.25, -0.2) is 9.97 Å². The van der Waals surface area contributed by atoms with Gasteiger partial charge in [0.05, 0.1) is 7.11 Å². The summed E-state index contributed by atoms with van der Waals surface area (Å²) in [5.74, 6) is 0.611. The largest absolute Gasteiger partial charge is 0.481 e. The van der Waals surface area contributed by atoms with Gasteiger partial charge in [0.15, 0.2) is 0 Å². The second-order valence-electron chi connectivity index (χ2n) is 1.60. The number of methoxy groups -OCH3 is 1. The minimum absolute atomic E-state index is 0.611. The molecule has 0 fully saturated rings. The van der Waals surface area contributed by atoms with Gasteiger partial charge in [-0.2, -0.15) is 0 Å². The van der Waals surface area contributed by atoms with Crippen LogP contribution in [-0.4, -0.2) is 23.3 Å². The predicted octanol–water partition coefficient (Wildman–Crippen LogP) is 1.21. The normalized spacial score (nSPS) is 9.40. The Morgan fingerprint density at radius 2 is 2.30 bits per heavy atom. The van der Waals surface area contributed by atoms with E-state index >= 15 is 0 Å². The van der Waals surface area contributed by atoms with E-state index in [-0.39, 0.29) is 0 Å². The molecule has 0 aliphatic rings. The van der Waals surface area contributed by atoms with Crippen LogP contribution in [-0.2, 0) is 0 Å². The maximum absolute atomic E-state index is 4.89. The van der Waals surface area contributed by atoms with Crippen molar-refractivity contribution in [2.24, 2.45) is 0 Å². The first-order chi connectivity index (χ1) is 4.86. The molecule has 0 saturated carbocycles. The smallest absolute Gasteiger partial charge is 0.217 e. The molecular weight excluding hydrogens is 148 g/mol. The molecule has 0 aliphatic heterocycles. The van der Waals surface area contributed by atoms with Crippen molar-refractivity contribution in [2.75, 3.05) is 13.4 Å². The summed E-state index contributed by atoms with van der Waals surface area (Å²) in [4.78, 5) is 7.84. The molecule has 0 unspecified atom stereocenters. The number of thioether (sulfide) groups is 1. The minimum atomic E-state index is 0.611. The lowest BCUT2D eigenvalue weighted by atomic mass is 10.6. The lowest BCUT2D eigenvalue weighted by Crippen LogP contribution is -1.88. The van der Waals surface area contributed by atoms with Crippen LogP contribution in [0.4, 0.5) is 0 Å². The summed E-state index contributed by atoms with van der Waals surface area (Å²) >= 11 is 1.57. The lowest BCUT2D eigenvalue weighted by molar-refractivity contribution is 0.395. The molecule has 3 nitrogen and oxygen atoms in total. The van der Waals surface area contributed by atoms with E-state index in [4.69, 9.17) is 4.74 Å². The Morgan fingerprint density at radius 1 is 1.50 bits per heavy atom. The molecule has 1 aromatic heterocycles. The van der Waals surface area contributed by atoms with Crippen LogP contribution in [0.5, 0.6) is 5.88 Å². The van der Waals surface area contributed by atoms with Crippen molar-refractivity contribution >= 4 is 11.8 Å². The Balaban J connectivity index is 2.87. The average Bonchev–Trinajstić information content (AvgIpc) is 2.05. The molecule has 0 bridgehead atoms. The second-order valence-corrected chi connectivity index (χ2v) is 2.43. The van der Waals surface area contributed by atoms with Crippen molar-refractivity contribution < 1.29 is 4.74 Å². The Hall–Kier alpha value is -0.770. The topological polar surface area (TPSA) is 35.0 Å². The highest BCUT2D eigenvalue weighted by molar-refractivity contribution is 7.98. The summed E-state index contributed by atoms with van der Waals surface area (Å²) in [7, 11) is 1.59. The molecule has 1 rings (SSSR count). The molecule has 0 aromatic carbocycles. The second kappa shape index (κ2) is 3.41. The quantitative estimate of drug-likeness (QED) is 0.476. The van der Waals surface area contributed by atoms with Gasteiger partial charge < -0.3 is 4.74 Å². The third kappa shape index (κ3) is 1.60. The first-order valence-electron chi connectivity index (χ1n) is 2.77. The molecule has 1 aromatic rings. The van der Waals surface area contributed by atoms with Crippen LogP contribution in [0.25, 0.3) is 0 Å². The molecule has 0 saturated heterocycles. The molecule has 10 heavy (non-hydrogen) atoms. The Morgan fingerprint density at radius 3 is 2.90 bits per heavy atom. The van der Waals surface area contributed by atoms with Crippen molar-refractivity contribution in [3.63, 3.8) is 0 Å². The number of hydrogen-bond donors (Lipinski definition) is 0. The zero-order chi connectivity index (χ0) is 7.40. The molecule has 0 amide bonds. The van der Waals surface area contributed by atoms with E-state index < -0.39 is 0 Å².